The van der Waals surface area contributed by atoms with Crippen LogP contribution < -0.4 is 4.90 Å². The Morgan fingerprint density at radius 3 is 1.64 bits per heavy atom. The molecule has 0 radical (unpaired) electrons. The van der Waals surface area contributed by atoms with Crippen molar-refractivity contribution in [3.05, 3.63) is 252 Å². The van der Waals surface area contributed by atoms with Crippen LogP contribution >= 0.6 is 0 Å². The molecular weight excluding hydrogens is 715 g/mol. The van der Waals surface area contributed by atoms with Crippen molar-refractivity contribution in [3.63, 3.8) is 0 Å². The van der Waals surface area contributed by atoms with E-state index in [9.17, 15) is 5.26 Å². The summed E-state index contributed by atoms with van der Waals surface area (Å²) in [7, 11) is 0. The predicted molar refractivity (Wildman–Crippen MR) is 243 cm³/mol. The van der Waals surface area contributed by atoms with Gasteiger partial charge in [-0.15, -0.1) is 0 Å². The van der Waals surface area contributed by atoms with Crippen molar-refractivity contribution in [2.45, 2.75) is 5.41 Å². The largest absolute Gasteiger partial charge is 0.310 e. The Morgan fingerprint density at radius 2 is 0.949 bits per heavy atom. The van der Waals surface area contributed by atoms with Gasteiger partial charge >= 0.3 is 0 Å². The molecule has 1 heterocycles. The van der Waals surface area contributed by atoms with Crippen LogP contribution in [-0.2, 0) is 5.41 Å². The summed E-state index contributed by atoms with van der Waals surface area (Å²) in [6.45, 7) is 0. The SMILES string of the molecule is N#Cc1ccc(N(c2ccc(-c3ccc4c(c3)C(c3ccccc3)(c3ccccc3)c3ccccc3-4)cc2)c2ccc3c(c2)c2ccccc2n3-c2ccccc2)cc1. The number of hydrogen-bond donors (Lipinski definition) is 0. The molecule has 3 nitrogen and oxygen atoms in total. The van der Waals surface area contributed by atoms with Crippen LogP contribution in [0.15, 0.2) is 224 Å². The van der Waals surface area contributed by atoms with Gasteiger partial charge in [-0.25, -0.2) is 0 Å². The van der Waals surface area contributed by atoms with E-state index in [0.29, 0.717) is 5.56 Å². The second-order valence-electron chi connectivity index (χ2n) is 15.2. The normalized spacial score (nSPS) is 12.5. The first-order chi connectivity index (χ1) is 29.2. The van der Waals surface area contributed by atoms with Crippen LogP contribution in [-0.4, -0.2) is 4.57 Å². The van der Waals surface area contributed by atoms with Gasteiger partial charge in [-0.3, -0.25) is 0 Å². The Kier molecular flexibility index (Phi) is 8.10. The Morgan fingerprint density at radius 1 is 0.407 bits per heavy atom. The number of aromatic nitrogens is 1. The van der Waals surface area contributed by atoms with Crippen molar-refractivity contribution in [2.75, 3.05) is 4.90 Å². The molecule has 0 saturated carbocycles. The van der Waals surface area contributed by atoms with Gasteiger partial charge in [-0.1, -0.05) is 146 Å². The lowest BCUT2D eigenvalue weighted by atomic mass is 9.67. The fourth-order valence-electron chi connectivity index (χ4n) is 9.51. The molecule has 0 spiro atoms. The first-order valence-electron chi connectivity index (χ1n) is 20.1. The molecule has 3 heteroatoms. The smallest absolute Gasteiger partial charge is 0.0991 e. The van der Waals surface area contributed by atoms with Crippen molar-refractivity contribution in [1.29, 1.82) is 5.26 Å². The van der Waals surface area contributed by atoms with Crippen LogP contribution in [0.2, 0.25) is 0 Å². The summed E-state index contributed by atoms with van der Waals surface area (Å²) in [5, 5.41) is 12.0. The Balaban J connectivity index is 1.05. The van der Waals surface area contributed by atoms with Crippen molar-refractivity contribution in [1.82, 2.24) is 4.57 Å². The summed E-state index contributed by atoms with van der Waals surface area (Å²) in [6, 6.07) is 82.8. The topological polar surface area (TPSA) is 32.0 Å². The second-order valence-corrected chi connectivity index (χ2v) is 15.2. The van der Waals surface area contributed by atoms with Gasteiger partial charge in [0.25, 0.3) is 0 Å². The monoisotopic (exact) mass is 751 g/mol. The highest BCUT2D eigenvalue weighted by molar-refractivity contribution is 6.10. The fourth-order valence-corrected chi connectivity index (χ4v) is 9.51. The molecule has 0 N–H and O–H groups in total. The highest BCUT2D eigenvalue weighted by Crippen LogP contribution is 2.56. The first kappa shape index (κ1) is 34.3. The molecular formula is C56H37N3. The number of rotatable bonds is 7. The van der Waals surface area contributed by atoms with Crippen molar-refractivity contribution in [2.24, 2.45) is 0 Å². The molecule has 10 aromatic rings. The zero-order valence-corrected chi connectivity index (χ0v) is 32.2. The van der Waals surface area contributed by atoms with Crippen molar-refractivity contribution in [3.8, 4) is 34.0 Å². The minimum Gasteiger partial charge on any atom is -0.310 e. The van der Waals surface area contributed by atoms with Crippen molar-refractivity contribution < 1.29 is 0 Å². The average Bonchev–Trinajstić information content (AvgIpc) is 3.81. The van der Waals surface area contributed by atoms with Crippen LogP contribution in [0.3, 0.4) is 0 Å². The Bertz CT molecular complexity index is 3150. The number of anilines is 3. The summed E-state index contributed by atoms with van der Waals surface area (Å²) < 4.78 is 2.34. The van der Waals surface area contributed by atoms with Gasteiger partial charge in [-0.2, -0.15) is 5.26 Å². The van der Waals surface area contributed by atoms with Crippen molar-refractivity contribution >= 4 is 38.9 Å². The average molecular weight is 752 g/mol. The Hall–Kier alpha value is -7.93. The molecule has 0 saturated heterocycles. The lowest BCUT2D eigenvalue weighted by Gasteiger charge is -2.34. The summed E-state index contributed by atoms with van der Waals surface area (Å²) in [4.78, 5) is 2.29. The Labute approximate surface area is 343 Å². The summed E-state index contributed by atoms with van der Waals surface area (Å²) >= 11 is 0. The van der Waals surface area contributed by atoms with E-state index in [1.807, 2.05) is 24.3 Å². The van der Waals surface area contributed by atoms with E-state index in [1.54, 1.807) is 0 Å². The third kappa shape index (κ3) is 5.42. The standard InChI is InChI=1S/C56H37N3/c57-38-39-24-29-45(30-25-39)58(47-33-35-55-51(37-47)50-21-11-13-23-54(50)59(55)44-18-8-3-9-19-44)46-31-26-40(27-32-46)41-28-34-49-48-20-10-12-22-52(48)56(53(49)36-41,42-14-4-1-5-15-42)43-16-6-2-7-17-43/h1-37H. The minimum atomic E-state index is -0.459. The van der Waals surface area contributed by atoms with Crippen LogP contribution in [0.1, 0.15) is 27.8 Å². The molecule has 11 rings (SSSR count). The van der Waals surface area contributed by atoms with Crippen LogP contribution in [0.4, 0.5) is 17.1 Å². The van der Waals surface area contributed by atoms with Crippen LogP contribution in [0, 0.1) is 11.3 Å². The quantitative estimate of drug-likeness (QED) is 0.162. The summed E-state index contributed by atoms with van der Waals surface area (Å²) in [5.74, 6) is 0. The summed E-state index contributed by atoms with van der Waals surface area (Å²) in [6.07, 6.45) is 0. The number of para-hydroxylation sites is 2. The molecule has 0 atom stereocenters. The lowest BCUT2D eigenvalue weighted by molar-refractivity contribution is 0.769. The molecule has 0 amide bonds. The van der Waals surface area contributed by atoms with E-state index >= 15 is 0 Å². The van der Waals surface area contributed by atoms with E-state index in [1.165, 1.54) is 55.2 Å². The maximum atomic E-state index is 9.66. The molecule has 0 bridgehead atoms. The molecule has 0 aliphatic heterocycles. The van der Waals surface area contributed by atoms with Crippen LogP contribution in [0.5, 0.6) is 0 Å². The number of nitrogens with zero attached hydrogens (tertiary/aromatic N) is 3. The third-order valence-electron chi connectivity index (χ3n) is 12.1. The van der Waals surface area contributed by atoms with E-state index in [0.717, 1.165) is 33.8 Å². The molecule has 0 fully saturated rings. The highest BCUT2D eigenvalue weighted by Gasteiger charge is 2.46. The van der Waals surface area contributed by atoms with Gasteiger partial charge in [-0.05, 0) is 123 Å². The molecule has 276 valence electrons. The molecule has 1 aliphatic carbocycles. The zero-order valence-electron chi connectivity index (χ0n) is 32.2. The molecule has 1 aliphatic rings. The molecule has 9 aromatic carbocycles. The maximum Gasteiger partial charge on any atom is 0.0991 e. The van der Waals surface area contributed by atoms with Gasteiger partial charge < -0.3 is 9.47 Å². The number of benzene rings is 9. The van der Waals surface area contributed by atoms with Crippen LogP contribution in [0.25, 0.3) is 49.7 Å². The lowest BCUT2D eigenvalue weighted by Crippen LogP contribution is -2.28. The molecule has 0 unspecified atom stereocenters. The second kappa shape index (κ2) is 13.9. The van der Waals surface area contributed by atoms with Gasteiger partial charge in [0.1, 0.15) is 0 Å². The maximum absolute atomic E-state index is 9.66. The number of hydrogen-bond acceptors (Lipinski definition) is 2. The highest BCUT2D eigenvalue weighted by atomic mass is 15.1. The number of fused-ring (bicyclic) bond motifs is 6. The van der Waals surface area contributed by atoms with E-state index < -0.39 is 5.41 Å². The fraction of sp³-hybridized carbons (Fsp3) is 0.0179. The van der Waals surface area contributed by atoms with Gasteiger partial charge in [0, 0.05) is 33.5 Å². The number of nitriles is 1. The van der Waals surface area contributed by atoms with E-state index in [4.69, 9.17) is 0 Å². The summed E-state index contributed by atoms with van der Waals surface area (Å²) in [5.41, 5.74) is 16.6. The first-order valence-corrected chi connectivity index (χ1v) is 20.1. The van der Waals surface area contributed by atoms with Gasteiger partial charge in [0.2, 0.25) is 0 Å². The van der Waals surface area contributed by atoms with Gasteiger partial charge in [0.05, 0.1) is 28.1 Å². The van der Waals surface area contributed by atoms with E-state index in [-0.39, 0.29) is 0 Å². The van der Waals surface area contributed by atoms with E-state index in [2.05, 4.69) is 216 Å². The molecule has 59 heavy (non-hydrogen) atoms. The minimum absolute atomic E-state index is 0.459. The zero-order chi connectivity index (χ0) is 39.3. The molecule has 1 aromatic heterocycles. The van der Waals surface area contributed by atoms with Gasteiger partial charge in [0.15, 0.2) is 0 Å². The predicted octanol–water partition coefficient (Wildman–Crippen LogP) is 14.2. The third-order valence-corrected chi connectivity index (χ3v) is 12.1.